The number of hydrogen-bond donors (Lipinski definition) is 2. The van der Waals surface area contributed by atoms with E-state index in [2.05, 4.69) is 25.9 Å². The molecule has 0 amide bonds. The fourth-order valence-electron chi connectivity index (χ4n) is 1.78. The van der Waals surface area contributed by atoms with E-state index in [-0.39, 0.29) is 22.9 Å². The maximum atomic E-state index is 12.1. The minimum Gasteiger partial charge on any atom is -0.493 e. The second-order valence-electron chi connectivity index (χ2n) is 4.47. The van der Waals surface area contributed by atoms with Crippen molar-refractivity contribution in [3.05, 3.63) is 44.9 Å². The smallest absolute Gasteiger partial charge is 0.262 e. The first-order valence-corrected chi connectivity index (χ1v) is 6.91. The third-order valence-corrected chi connectivity index (χ3v) is 3.66. The highest BCUT2D eigenvalue weighted by Gasteiger charge is 2.15. The third-order valence-electron chi connectivity index (χ3n) is 3.13. The normalized spacial score (nSPS) is 12.4. The van der Waals surface area contributed by atoms with Gasteiger partial charge in [-0.05, 0) is 24.1 Å². The summed E-state index contributed by atoms with van der Waals surface area (Å²) in [5.74, 6) is 0.407. The Labute approximate surface area is 119 Å². The zero-order valence-electron chi connectivity index (χ0n) is 10.8. The fourth-order valence-corrected chi connectivity index (χ4v) is 2.05. The second-order valence-corrected chi connectivity index (χ2v) is 5.38. The van der Waals surface area contributed by atoms with Crippen molar-refractivity contribution in [2.45, 2.75) is 26.2 Å². The standard InChI is InChI=1S/C14H15BrN2O2/c1-3-8(2)12-16-13(18)11(14(19)17-12)9-4-6-10(15)7-5-9/h4-8H,3H2,1-2H3,(H2,16,17,18,19). The number of aromatic hydroxyl groups is 1. The predicted octanol–water partition coefficient (Wildman–Crippen LogP) is 3.42. The summed E-state index contributed by atoms with van der Waals surface area (Å²) in [5, 5.41) is 10.00. The zero-order valence-corrected chi connectivity index (χ0v) is 12.4. The van der Waals surface area contributed by atoms with Gasteiger partial charge in [0.1, 0.15) is 11.4 Å². The predicted molar refractivity (Wildman–Crippen MR) is 78.4 cm³/mol. The van der Waals surface area contributed by atoms with Crippen LogP contribution in [0.1, 0.15) is 32.0 Å². The lowest BCUT2D eigenvalue weighted by molar-refractivity contribution is 0.446. The molecule has 19 heavy (non-hydrogen) atoms. The molecule has 5 heteroatoms. The van der Waals surface area contributed by atoms with Crippen molar-refractivity contribution in [1.82, 2.24) is 9.97 Å². The Balaban J connectivity index is 2.54. The zero-order chi connectivity index (χ0) is 14.0. The third kappa shape index (κ3) is 2.87. The van der Waals surface area contributed by atoms with Crippen LogP contribution in [0.3, 0.4) is 0 Å². The fraction of sp³-hybridized carbons (Fsp3) is 0.286. The lowest BCUT2D eigenvalue weighted by Gasteiger charge is -2.10. The van der Waals surface area contributed by atoms with Gasteiger partial charge in [-0.2, -0.15) is 4.98 Å². The number of aromatic nitrogens is 2. The van der Waals surface area contributed by atoms with E-state index in [1.54, 1.807) is 12.1 Å². The first-order chi connectivity index (χ1) is 9.02. The van der Waals surface area contributed by atoms with E-state index in [1.165, 1.54) is 0 Å². The van der Waals surface area contributed by atoms with Gasteiger partial charge in [0, 0.05) is 10.4 Å². The van der Waals surface area contributed by atoms with Crippen LogP contribution in [0, 0.1) is 0 Å². The molecule has 0 fully saturated rings. The minimum absolute atomic E-state index is 0.109. The Morgan fingerprint density at radius 2 is 2.00 bits per heavy atom. The molecule has 0 saturated heterocycles. The topological polar surface area (TPSA) is 66.0 Å². The molecule has 0 aliphatic heterocycles. The first-order valence-electron chi connectivity index (χ1n) is 6.12. The van der Waals surface area contributed by atoms with Crippen LogP contribution in [0.4, 0.5) is 0 Å². The summed E-state index contributed by atoms with van der Waals surface area (Å²) in [7, 11) is 0. The highest BCUT2D eigenvalue weighted by molar-refractivity contribution is 9.10. The van der Waals surface area contributed by atoms with Gasteiger partial charge < -0.3 is 10.1 Å². The molecule has 0 aliphatic rings. The molecule has 100 valence electrons. The van der Waals surface area contributed by atoms with E-state index in [9.17, 15) is 9.90 Å². The maximum Gasteiger partial charge on any atom is 0.262 e. The molecule has 0 bridgehead atoms. The molecule has 2 N–H and O–H groups in total. The summed E-state index contributed by atoms with van der Waals surface area (Å²) >= 11 is 3.33. The van der Waals surface area contributed by atoms with Crippen LogP contribution in [0.15, 0.2) is 33.5 Å². The number of benzene rings is 1. The van der Waals surface area contributed by atoms with Gasteiger partial charge in [-0.15, -0.1) is 0 Å². The molecule has 0 radical (unpaired) electrons. The number of H-pyrrole nitrogens is 1. The Bertz CT molecular complexity index is 635. The summed E-state index contributed by atoms with van der Waals surface area (Å²) < 4.78 is 0.913. The van der Waals surface area contributed by atoms with Gasteiger partial charge in [-0.3, -0.25) is 4.79 Å². The number of hydrogen-bond acceptors (Lipinski definition) is 3. The minimum atomic E-state index is -0.315. The van der Waals surface area contributed by atoms with Crippen LogP contribution in [0.5, 0.6) is 5.88 Å². The number of nitrogens with one attached hydrogen (secondary N) is 1. The van der Waals surface area contributed by atoms with Gasteiger partial charge in [0.15, 0.2) is 0 Å². The van der Waals surface area contributed by atoms with Gasteiger partial charge in [0.05, 0.1) is 0 Å². The molecule has 1 unspecified atom stereocenters. The highest BCUT2D eigenvalue weighted by atomic mass is 79.9. The van der Waals surface area contributed by atoms with Crippen molar-refractivity contribution in [2.24, 2.45) is 0 Å². The Kier molecular flexibility index (Phi) is 4.04. The van der Waals surface area contributed by atoms with E-state index >= 15 is 0 Å². The van der Waals surface area contributed by atoms with Crippen molar-refractivity contribution < 1.29 is 5.11 Å². The quantitative estimate of drug-likeness (QED) is 0.909. The molecule has 1 atom stereocenters. The van der Waals surface area contributed by atoms with Crippen molar-refractivity contribution in [1.29, 1.82) is 0 Å². The molecular formula is C14H15BrN2O2. The molecule has 1 aromatic heterocycles. The molecule has 0 spiro atoms. The first kappa shape index (κ1) is 13.8. The molecule has 2 aromatic rings. The van der Waals surface area contributed by atoms with Crippen LogP contribution >= 0.6 is 15.9 Å². The van der Waals surface area contributed by atoms with E-state index in [0.717, 1.165) is 10.9 Å². The summed E-state index contributed by atoms with van der Waals surface area (Å²) in [5.41, 5.74) is 0.537. The van der Waals surface area contributed by atoms with Crippen molar-refractivity contribution >= 4 is 15.9 Å². The summed E-state index contributed by atoms with van der Waals surface area (Å²) in [6.07, 6.45) is 0.847. The van der Waals surface area contributed by atoms with Gasteiger partial charge in [-0.1, -0.05) is 41.9 Å². The molecule has 4 nitrogen and oxygen atoms in total. The lowest BCUT2D eigenvalue weighted by atomic mass is 10.1. The second kappa shape index (κ2) is 5.57. The Morgan fingerprint density at radius 1 is 1.37 bits per heavy atom. The van der Waals surface area contributed by atoms with Gasteiger partial charge >= 0.3 is 0 Å². The van der Waals surface area contributed by atoms with Crippen LogP contribution in [-0.4, -0.2) is 15.1 Å². The van der Waals surface area contributed by atoms with Gasteiger partial charge in [0.2, 0.25) is 5.88 Å². The molecule has 1 heterocycles. The average molecular weight is 323 g/mol. The number of aromatic amines is 1. The monoisotopic (exact) mass is 322 g/mol. The Morgan fingerprint density at radius 3 is 2.53 bits per heavy atom. The molecule has 0 saturated carbocycles. The van der Waals surface area contributed by atoms with E-state index in [1.807, 2.05) is 26.0 Å². The van der Waals surface area contributed by atoms with Crippen LogP contribution < -0.4 is 5.56 Å². The van der Waals surface area contributed by atoms with E-state index < -0.39 is 0 Å². The maximum absolute atomic E-state index is 12.1. The van der Waals surface area contributed by atoms with E-state index in [4.69, 9.17) is 0 Å². The van der Waals surface area contributed by atoms with Gasteiger partial charge in [-0.25, -0.2) is 0 Å². The van der Waals surface area contributed by atoms with E-state index in [0.29, 0.717) is 11.4 Å². The molecule has 1 aromatic carbocycles. The molecule has 2 rings (SSSR count). The molecular weight excluding hydrogens is 308 g/mol. The molecule has 0 aliphatic carbocycles. The number of halogens is 1. The van der Waals surface area contributed by atoms with Crippen molar-refractivity contribution in [3.63, 3.8) is 0 Å². The number of nitrogens with zero attached hydrogens (tertiary/aromatic N) is 1. The summed E-state index contributed by atoms with van der Waals surface area (Å²) in [6, 6.07) is 7.16. The summed E-state index contributed by atoms with van der Waals surface area (Å²) in [4.78, 5) is 18.9. The van der Waals surface area contributed by atoms with Crippen LogP contribution in [0.2, 0.25) is 0 Å². The average Bonchev–Trinajstić information content (AvgIpc) is 2.39. The van der Waals surface area contributed by atoms with Crippen LogP contribution in [0.25, 0.3) is 11.1 Å². The largest absolute Gasteiger partial charge is 0.493 e. The summed E-state index contributed by atoms with van der Waals surface area (Å²) in [6.45, 7) is 3.96. The van der Waals surface area contributed by atoms with Crippen LogP contribution in [-0.2, 0) is 0 Å². The lowest BCUT2D eigenvalue weighted by Crippen LogP contribution is -2.15. The Hall–Kier alpha value is -1.62. The highest BCUT2D eigenvalue weighted by Crippen LogP contribution is 2.26. The SMILES string of the molecule is CCC(C)c1nc(O)c(-c2ccc(Br)cc2)c(=O)[nH]1. The van der Waals surface area contributed by atoms with Crippen molar-refractivity contribution in [2.75, 3.05) is 0 Å². The number of rotatable bonds is 3. The van der Waals surface area contributed by atoms with Crippen molar-refractivity contribution in [3.8, 4) is 17.0 Å². The van der Waals surface area contributed by atoms with Gasteiger partial charge in [0.25, 0.3) is 5.56 Å².